The molecule has 134 valence electrons. The van der Waals surface area contributed by atoms with Crippen LogP contribution in [-0.4, -0.2) is 46.0 Å². The maximum atomic E-state index is 12.5. The smallest absolute Gasteiger partial charge is 0.251 e. The highest BCUT2D eigenvalue weighted by Gasteiger charge is 2.39. The molecule has 2 aromatic heterocycles. The Morgan fingerprint density at radius 2 is 2.00 bits per heavy atom. The Bertz CT molecular complexity index is 1090. The van der Waals surface area contributed by atoms with Crippen molar-refractivity contribution in [1.82, 2.24) is 19.9 Å². The van der Waals surface area contributed by atoms with Crippen molar-refractivity contribution in [3.63, 3.8) is 0 Å². The molecule has 1 aliphatic rings. The Hall–Kier alpha value is -2.74. The van der Waals surface area contributed by atoms with E-state index in [4.69, 9.17) is 0 Å². The van der Waals surface area contributed by atoms with Crippen molar-refractivity contribution in [2.45, 2.75) is 18.9 Å². The summed E-state index contributed by atoms with van der Waals surface area (Å²) in [7, 11) is -3.07. The molecule has 1 amide bonds. The van der Waals surface area contributed by atoms with E-state index >= 15 is 0 Å². The number of hydrogen-bond donors (Lipinski definition) is 1. The van der Waals surface area contributed by atoms with E-state index in [2.05, 4.69) is 15.4 Å². The summed E-state index contributed by atoms with van der Waals surface area (Å²) in [5, 5.41) is 7.15. The lowest BCUT2D eigenvalue weighted by Crippen LogP contribution is -2.46. The van der Waals surface area contributed by atoms with Gasteiger partial charge in [-0.05, 0) is 37.6 Å². The minimum atomic E-state index is -3.07. The number of nitrogens with zero attached hydrogens (tertiary/aromatic N) is 3. The number of carbonyl (C=O) groups excluding carboxylic acids is 1. The van der Waals surface area contributed by atoms with Gasteiger partial charge >= 0.3 is 0 Å². The van der Waals surface area contributed by atoms with Crippen LogP contribution in [0, 0.1) is 0 Å². The fourth-order valence-electron chi connectivity index (χ4n) is 3.27. The summed E-state index contributed by atoms with van der Waals surface area (Å²) in [5.41, 5.74) is 2.25. The average molecular weight is 370 g/mol. The van der Waals surface area contributed by atoms with Crippen molar-refractivity contribution in [2.75, 3.05) is 11.5 Å². The molecular weight excluding hydrogens is 352 g/mol. The van der Waals surface area contributed by atoms with Crippen LogP contribution in [0.4, 0.5) is 0 Å². The lowest BCUT2D eigenvalue weighted by atomic mass is 10.0. The molecule has 1 N–H and O–H groups in total. The van der Waals surface area contributed by atoms with Gasteiger partial charge in [-0.25, -0.2) is 17.9 Å². The molecule has 0 radical (unpaired) electrons. The Kier molecular flexibility index (Phi) is 3.80. The molecule has 1 atom stereocenters. The first kappa shape index (κ1) is 16.7. The fraction of sp³-hybridized carbons (Fsp3) is 0.278. The van der Waals surface area contributed by atoms with E-state index < -0.39 is 15.4 Å². The molecule has 1 saturated heterocycles. The van der Waals surface area contributed by atoms with Gasteiger partial charge < -0.3 is 5.32 Å². The minimum Gasteiger partial charge on any atom is -0.346 e. The van der Waals surface area contributed by atoms with Crippen LogP contribution < -0.4 is 5.32 Å². The molecule has 1 aromatic carbocycles. The standard InChI is InChI=1S/C18H18N4O3S/c1-18(8-10-26(24,25)12-18)21-17(23)14-6-4-13(5-7-14)15-11-19-16-3-2-9-20-22(15)16/h2-7,9,11H,8,10,12H2,1H3,(H,21,23). The maximum absolute atomic E-state index is 12.5. The number of fused-ring (bicyclic) bond motifs is 1. The highest BCUT2D eigenvalue weighted by atomic mass is 32.2. The number of benzene rings is 1. The first-order valence-corrected chi connectivity index (χ1v) is 10.1. The number of imidazole rings is 1. The number of hydrogen-bond acceptors (Lipinski definition) is 5. The van der Waals surface area contributed by atoms with Crippen molar-refractivity contribution in [3.05, 3.63) is 54.4 Å². The second kappa shape index (κ2) is 5.91. The minimum absolute atomic E-state index is 0.0166. The van der Waals surface area contributed by atoms with Gasteiger partial charge in [-0.15, -0.1) is 0 Å². The number of aromatic nitrogens is 3. The summed E-state index contributed by atoms with van der Waals surface area (Å²) >= 11 is 0. The first-order chi connectivity index (χ1) is 12.4. The second-order valence-corrected chi connectivity index (χ2v) is 9.06. The molecule has 1 fully saturated rings. The van der Waals surface area contributed by atoms with Gasteiger partial charge in [-0.3, -0.25) is 4.79 Å². The van der Waals surface area contributed by atoms with Gasteiger partial charge in [0, 0.05) is 17.3 Å². The Balaban J connectivity index is 1.55. The third-order valence-corrected chi connectivity index (χ3v) is 6.54. The van der Waals surface area contributed by atoms with E-state index in [1.54, 1.807) is 36.0 Å². The van der Waals surface area contributed by atoms with Gasteiger partial charge in [0.2, 0.25) is 0 Å². The van der Waals surface area contributed by atoms with E-state index in [1.165, 1.54) is 0 Å². The van der Waals surface area contributed by atoms with Crippen molar-refractivity contribution >= 4 is 21.4 Å². The average Bonchev–Trinajstić information content (AvgIpc) is 3.15. The quantitative estimate of drug-likeness (QED) is 0.757. The van der Waals surface area contributed by atoms with E-state index in [1.807, 2.05) is 24.3 Å². The zero-order chi connectivity index (χ0) is 18.4. The lowest BCUT2D eigenvalue weighted by molar-refractivity contribution is 0.0915. The Labute approximate surface area is 151 Å². The normalized spacial score (nSPS) is 21.7. The maximum Gasteiger partial charge on any atom is 0.251 e. The molecule has 3 aromatic rings. The summed E-state index contributed by atoms with van der Waals surface area (Å²) in [6.45, 7) is 1.77. The van der Waals surface area contributed by atoms with Crippen LogP contribution in [0.1, 0.15) is 23.7 Å². The topological polar surface area (TPSA) is 93.4 Å². The molecular formula is C18H18N4O3S. The van der Waals surface area contributed by atoms with Crippen LogP contribution in [0.15, 0.2) is 48.8 Å². The van der Waals surface area contributed by atoms with Crippen LogP contribution in [0.2, 0.25) is 0 Å². The largest absolute Gasteiger partial charge is 0.346 e. The number of sulfone groups is 1. The summed E-state index contributed by atoms with van der Waals surface area (Å²) in [6, 6.07) is 10.8. The van der Waals surface area contributed by atoms with Crippen molar-refractivity contribution in [1.29, 1.82) is 0 Å². The van der Waals surface area contributed by atoms with Gasteiger partial charge in [0.05, 0.1) is 28.9 Å². The van der Waals surface area contributed by atoms with Crippen LogP contribution in [-0.2, 0) is 9.84 Å². The molecule has 0 saturated carbocycles. The molecule has 4 rings (SSSR count). The molecule has 8 heteroatoms. The van der Waals surface area contributed by atoms with Gasteiger partial charge in [0.25, 0.3) is 5.91 Å². The number of rotatable bonds is 3. The van der Waals surface area contributed by atoms with Gasteiger partial charge in [-0.2, -0.15) is 5.10 Å². The van der Waals surface area contributed by atoms with Crippen molar-refractivity contribution in [3.8, 4) is 11.3 Å². The SMILES string of the molecule is CC1(NC(=O)c2ccc(-c3cnc4cccnn34)cc2)CCS(=O)(=O)C1. The predicted molar refractivity (Wildman–Crippen MR) is 97.6 cm³/mol. The highest BCUT2D eigenvalue weighted by Crippen LogP contribution is 2.24. The van der Waals surface area contributed by atoms with Gasteiger partial charge in [0.15, 0.2) is 15.5 Å². The molecule has 1 aliphatic heterocycles. The number of nitrogens with one attached hydrogen (secondary N) is 1. The van der Waals surface area contributed by atoms with Crippen LogP contribution in [0.5, 0.6) is 0 Å². The summed E-state index contributed by atoms with van der Waals surface area (Å²) < 4.78 is 25.1. The van der Waals surface area contributed by atoms with E-state index in [0.717, 1.165) is 16.9 Å². The first-order valence-electron chi connectivity index (χ1n) is 8.27. The Morgan fingerprint density at radius 3 is 2.69 bits per heavy atom. The summed E-state index contributed by atoms with van der Waals surface area (Å²) in [4.78, 5) is 16.8. The Morgan fingerprint density at radius 1 is 1.23 bits per heavy atom. The predicted octanol–water partition coefficient (Wildman–Crippen LogP) is 1.70. The third kappa shape index (κ3) is 3.08. The number of carbonyl (C=O) groups is 1. The zero-order valence-corrected chi connectivity index (χ0v) is 15.0. The fourth-order valence-corrected chi connectivity index (χ4v) is 5.37. The van der Waals surface area contributed by atoms with E-state index in [-0.39, 0.29) is 17.4 Å². The van der Waals surface area contributed by atoms with Gasteiger partial charge in [0.1, 0.15) is 0 Å². The monoisotopic (exact) mass is 370 g/mol. The second-order valence-electron chi connectivity index (χ2n) is 6.87. The molecule has 0 bridgehead atoms. The highest BCUT2D eigenvalue weighted by molar-refractivity contribution is 7.91. The van der Waals surface area contributed by atoms with Crippen LogP contribution in [0.25, 0.3) is 16.9 Å². The third-order valence-electron chi connectivity index (χ3n) is 4.64. The van der Waals surface area contributed by atoms with Gasteiger partial charge in [-0.1, -0.05) is 12.1 Å². The van der Waals surface area contributed by atoms with E-state index in [0.29, 0.717) is 12.0 Å². The van der Waals surface area contributed by atoms with Crippen molar-refractivity contribution in [2.24, 2.45) is 0 Å². The molecule has 3 heterocycles. The van der Waals surface area contributed by atoms with Crippen LogP contribution >= 0.6 is 0 Å². The lowest BCUT2D eigenvalue weighted by Gasteiger charge is -2.23. The molecule has 26 heavy (non-hydrogen) atoms. The molecule has 0 aliphatic carbocycles. The number of amides is 1. The van der Waals surface area contributed by atoms with Crippen molar-refractivity contribution < 1.29 is 13.2 Å². The van der Waals surface area contributed by atoms with E-state index in [9.17, 15) is 13.2 Å². The van der Waals surface area contributed by atoms with Crippen LogP contribution in [0.3, 0.4) is 0 Å². The molecule has 1 unspecified atom stereocenters. The zero-order valence-electron chi connectivity index (χ0n) is 14.2. The summed E-state index contributed by atoms with van der Waals surface area (Å²) in [6.07, 6.45) is 3.87. The summed E-state index contributed by atoms with van der Waals surface area (Å²) in [5.74, 6) is -0.172. The molecule has 7 nitrogen and oxygen atoms in total. The molecule has 0 spiro atoms.